The van der Waals surface area contributed by atoms with Gasteiger partial charge in [0.05, 0.1) is 7.11 Å². The van der Waals surface area contributed by atoms with Gasteiger partial charge in [-0.1, -0.05) is 0 Å². The van der Waals surface area contributed by atoms with E-state index in [1.165, 1.54) is 0 Å². The molecule has 0 fully saturated rings. The Morgan fingerprint density at radius 1 is 1.42 bits per heavy atom. The van der Waals surface area contributed by atoms with E-state index in [9.17, 15) is 9.59 Å². The normalized spacial score (nSPS) is 12.4. The third kappa shape index (κ3) is 4.64. The van der Waals surface area contributed by atoms with Crippen LogP contribution in [0.25, 0.3) is 0 Å². The maximum absolute atomic E-state index is 10.3. The van der Waals surface area contributed by atoms with Crippen molar-refractivity contribution >= 4 is 11.9 Å². The number of rotatable bonds is 6. The Labute approximate surface area is 68.6 Å². The van der Waals surface area contributed by atoms with E-state index < -0.39 is 18.0 Å². The second-order valence-corrected chi connectivity index (χ2v) is 2.02. The van der Waals surface area contributed by atoms with Crippen molar-refractivity contribution in [3.63, 3.8) is 0 Å². The molecule has 1 atom stereocenters. The minimum absolute atomic E-state index is 0.113. The van der Waals surface area contributed by atoms with Gasteiger partial charge in [0.2, 0.25) is 0 Å². The molecule has 2 N–H and O–H groups in total. The van der Waals surface area contributed by atoms with Gasteiger partial charge in [0.15, 0.2) is 6.10 Å². The Morgan fingerprint density at radius 2 is 2.00 bits per heavy atom. The fourth-order valence-electron chi connectivity index (χ4n) is 0.583. The predicted molar refractivity (Wildman–Crippen MR) is 36.4 cm³/mol. The molecule has 6 heteroatoms. The van der Waals surface area contributed by atoms with Crippen molar-refractivity contribution in [2.45, 2.75) is 18.9 Å². The third-order valence-corrected chi connectivity index (χ3v) is 1.11. The van der Waals surface area contributed by atoms with Crippen molar-refractivity contribution < 1.29 is 29.6 Å². The maximum Gasteiger partial charge on any atom is 0.336 e. The first kappa shape index (κ1) is 10.9. The molecule has 0 aliphatic rings. The van der Waals surface area contributed by atoms with E-state index in [0.717, 1.165) is 7.11 Å². The van der Waals surface area contributed by atoms with Gasteiger partial charge in [-0.05, 0) is 6.42 Å². The van der Waals surface area contributed by atoms with Gasteiger partial charge < -0.3 is 10.2 Å². The molecule has 0 aliphatic heterocycles. The first-order valence-electron chi connectivity index (χ1n) is 3.22. The Kier molecular flexibility index (Phi) is 4.98. The average molecular weight is 178 g/mol. The van der Waals surface area contributed by atoms with E-state index >= 15 is 0 Å². The van der Waals surface area contributed by atoms with Crippen LogP contribution in [0.3, 0.4) is 0 Å². The quantitative estimate of drug-likeness (QED) is 0.435. The topological polar surface area (TPSA) is 93.1 Å². The van der Waals surface area contributed by atoms with Crippen LogP contribution in [0, 0.1) is 0 Å². The smallest absolute Gasteiger partial charge is 0.336 e. The Balaban J connectivity index is 3.79. The van der Waals surface area contributed by atoms with Crippen LogP contribution in [-0.4, -0.2) is 35.4 Å². The summed E-state index contributed by atoms with van der Waals surface area (Å²) in [6.45, 7) is 0. The zero-order chi connectivity index (χ0) is 9.56. The van der Waals surface area contributed by atoms with E-state index in [-0.39, 0.29) is 12.8 Å². The van der Waals surface area contributed by atoms with Crippen molar-refractivity contribution in [3.8, 4) is 0 Å². The highest BCUT2D eigenvalue weighted by Gasteiger charge is 2.19. The first-order chi connectivity index (χ1) is 5.57. The molecule has 0 amide bonds. The summed E-state index contributed by atoms with van der Waals surface area (Å²) in [6.07, 6.45) is -1.59. The molecule has 12 heavy (non-hydrogen) atoms. The summed E-state index contributed by atoms with van der Waals surface area (Å²) in [5.41, 5.74) is 0. The summed E-state index contributed by atoms with van der Waals surface area (Å²) < 4.78 is 0. The van der Waals surface area contributed by atoms with Crippen molar-refractivity contribution in [1.82, 2.24) is 0 Å². The molecule has 0 aromatic rings. The monoisotopic (exact) mass is 178 g/mol. The lowest BCUT2D eigenvalue weighted by atomic mass is 10.2. The highest BCUT2D eigenvalue weighted by atomic mass is 17.2. The zero-order valence-corrected chi connectivity index (χ0v) is 6.52. The maximum atomic E-state index is 10.3. The minimum Gasteiger partial charge on any atom is -0.481 e. The number of hydrogen-bond donors (Lipinski definition) is 2. The summed E-state index contributed by atoms with van der Waals surface area (Å²) in [5, 5.41) is 16.6. The molecule has 0 radical (unpaired) electrons. The van der Waals surface area contributed by atoms with E-state index in [2.05, 4.69) is 9.78 Å². The summed E-state index contributed by atoms with van der Waals surface area (Å²) in [6, 6.07) is 0. The summed E-state index contributed by atoms with van der Waals surface area (Å²) in [7, 11) is 1.16. The Bertz CT molecular complexity index is 165. The van der Waals surface area contributed by atoms with Crippen LogP contribution in [0.5, 0.6) is 0 Å². The van der Waals surface area contributed by atoms with Crippen LogP contribution in [0.15, 0.2) is 0 Å². The van der Waals surface area contributed by atoms with Crippen molar-refractivity contribution in [3.05, 3.63) is 0 Å². The molecule has 0 saturated carbocycles. The number of carbonyl (C=O) groups is 2. The molecule has 6 nitrogen and oxygen atoms in total. The number of hydrogen-bond acceptors (Lipinski definition) is 4. The van der Waals surface area contributed by atoms with Crippen LogP contribution in [0.4, 0.5) is 0 Å². The lowest BCUT2D eigenvalue weighted by Gasteiger charge is -2.08. The molecular weight excluding hydrogens is 168 g/mol. The third-order valence-electron chi connectivity index (χ3n) is 1.11. The Hall–Kier alpha value is -1.14. The van der Waals surface area contributed by atoms with Crippen LogP contribution >= 0.6 is 0 Å². The van der Waals surface area contributed by atoms with Gasteiger partial charge in [-0.2, -0.15) is 0 Å². The number of carboxylic acids is 2. The number of aliphatic carboxylic acids is 2. The standard InChI is InChI=1S/C6H10O6/c1-11-12-4(6(9)10)2-3-5(7)8/h4H,2-3H2,1H3,(H,7,8)(H,9,10). The van der Waals surface area contributed by atoms with Gasteiger partial charge >= 0.3 is 11.9 Å². The second kappa shape index (κ2) is 5.50. The highest BCUT2D eigenvalue weighted by molar-refractivity contribution is 5.73. The molecule has 70 valence electrons. The molecular formula is C6H10O6. The molecule has 1 unspecified atom stereocenters. The van der Waals surface area contributed by atoms with E-state index in [1.54, 1.807) is 0 Å². The molecule has 0 aromatic carbocycles. The summed E-state index contributed by atoms with van der Waals surface area (Å²) >= 11 is 0. The van der Waals surface area contributed by atoms with Gasteiger partial charge in [0, 0.05) is 6.42 Å². The molecule has 0 aliphatic carbocycles. The lowest BCUT2D eigenvalue weighted by Crippen LogP contribution is -2.24. The van der Waals surface area contributed by atoms with Crippen LogP contribution in [0.2, 0.25) is 0 Å². The zero-order valence-electron chi connectivity index (χ0n) is 6.52. The van der Waals surface area contributed by atoms with Crippen molar-refractivity contribution in [2.24, 2.45) is 0 Å². The van der Waals surface area contributed by atoms with E-state index in [1.807, 2.05) is 0 Å². The number of carboxylic acid groups (broad SMARTS) is 2. The first-order valence-corrected chi connectivity index (χ1v) is 3.22. The van der Waals surface area contributed by atoms with Gasteiger partial charge in [0.1, 0.15) is 0 Å². The van der Waals surface area contributed by atoms with Crippen LogP contribution in [-0.2, 0) is 19.4 Å². The Morgan fingerprint density at radius 3 is 2.33 bits per heavy atom. The fraction of sp³-hybridized carbons (Fsp3) is 0.667. The van der Waals surface area contributed by atoms with Crippen molar-refractivity contribution in [1.29, 1.82) is 0 Å². The van der Waals surface area contributed by atoms with Gasteiger partial charge in [-0.3, -0.25) is 4.79 Å². The van der Waals surface area contributed by atoms with Gasteiger partial charge in [-0.15, -0.1) is 0 Å². The molecule has 0 saturated heterocycles. The lowest BCUT2D eigenvalue weighted by molar-refractivity contribution is -0.301. The molecule has 0 bridgehead atoms. The van der Waals surface area contributed by atoms with Gasteiger partial charge in [-0.25, -0.2) is 14.6 Å². The minimum atomic E-state index is -1.24. The van der Waals surface area contributed by atoms with Gasteiger partial charge in [0.25, 0.3) is 0 Å². The van der Waals surface area contributed by atoms with E-state index in [4.69, 9.17) is 10.2 Å². The fourth-order valence-corrected chi connectivity index (χ4v) is 0.583. The predicted octanol–water partition coefficient (Wildman–Crippen LogP) is -0.118. The van der Waals surface area contributed by atoms with Crippen molar-refractivity contribution in [2.75, 3.05) is 7.11 Å². The SMILES string of the molecule is COOC(CCC(=O)O)C(=O)O. The van der Waals surface area contributed by atoms with Crippen LogP contribution < -0.4 is 0 Å². The largest absolute Gasteiger partial charge is 0.481 e. The highest BCUT2D eigenvalue weighted by Crippen LogP contribution is 2.02. The van der Waals surface area contributed by atoms with E-state index in [0.29, 0.717) is 0 Å². The molecule has 0 aromatic heterocycles. The molecule has 0 heterocycles. The van der Waals surface area contributed by atoms with Crippen LogP contribution in [0.1, 0.15) is 12.8 Å². The summed E-state index contributed by atoms with van der Waals surface area (Å²) in [4.78, 5) is 28.8. The average Bonchev–Trinajstić information content (AvgIpc) is 1.96. The summed E-state index contributed by atoms with van der Waals surface area (Å²) in [5.74, 6) is -2.31. The molecule has 0 spiro atoms. The molecule has 0 rings (SSSR count). The second-order valence-electron chi connectivity index (χ2n) is 2.02.